The fraction of sp³-hybridized carbons (Fsp3) is 0.500. The van der Waals surface area contributed by atoms with Gasteiger partial charge in [0.05, 0.1) is 0 Å². The van der Waals surface area contributed by atoms with E-state index in [9.17, 15) is 4.39 Å². The van der Waals surface area contributed by atoms with E-state index < -0.39 is 0 Å². The van der Waals surface area contributed by atoms with Gasteiger partial charge in [-0.25, -0.2) is 4.39 Å². The van der Waals surface area contributed by atoms with Gasteiger partial charge in [0.2, 0.25) is 0 Å². The van der Waals surface area contributed by atoms with Gasteiger partial charge in [-0.05, 0) is 30.5 Å². The molecule has 1 aromatic carbocycles. The van der Waals surface area contributed by atoms with Crippen LogP contribution in [0.4, 0.5) is 4.39 Å². The number of aliphatic imine (C=N–C) groups is 1. The highest BCUT2D eigenvalue weighted by atomic mass is 19.1. The molecule has 98 valence electrons. The Bertz CT molecular complexity index is 419. The molecule has 0 spiro atoms. The van der Waals surface area contributed by atoms with E-state index in [0.717, 1.165) is 19.4 Å². The minimum absolute atomic E-state index is 0.0724. The van der Waals surface area contributed by atoms with Crippen molar-refractivity contribution in [3.05, 3.63) is 35.6 Å². The summed E-state index contributed by atoms with van der Waals surface area (Å²) in [5, 5.41) is 3.16. The molecule has 2 rings (SSSR count). The highest BCUT2D eigenvalue weighted by Crippen LogP contribution is 2.40. The third-order valence-electron chi connectivity index (χ3n) is 3.87. The van der Waals surface area contributed by atoms with Crippen LogP contribution in [0, 0.1) is 5.82 Å². The van der Waals surface area contributed by atoms with Gasteiger partial charge in [-0.15, -0.1) is 0 Å². The van der Waals surface area contributed by atoms with Gasteiger partial charge in [-0.1, -0.05) is 25.0 Å². The second-order valence-corrected chi connectivity index (χ2v) is 4.96. The van der Waals surface area contributed by atoms with Crippen LogP contribution < -0.4 is 11.1 Å². The number of halogens is 1. The van der Waals surface area contributed by atoms with Gasteiger partial charge >= 0.3 is 0 Å². The zero-order valence-electron chi connectivity index (χ0n) is 10.7. The average Bonchev–Trinajstić information content (AvgIpc) is 2.87. The molecule has 0 radical (unpaired) electrons. The van der Waals surface area contributed by atoms with Crippen LogP contribution in [0.5, 0.6) is 0 Å². The van der Waals surface area contributed by atoms with Crippen LogP contribution in [-0.4, -0.2) is 19.6 Å². The highest BCUT2D eigenvalue weighted by Gasteiger charge is 2.35. The lowest BCUT2D eigenvalue weighted by atomic mass is 9.79. The number of nitrogens with zero attached hydrogens (tertiary/aromatic N) is 1. The summed E-state index contributed by atoms with van der Waals surface area (Å²) >= 11 is 0. The average molecular weight is 249 g/mol. The van der Waals surface area contributed by atoms with E-state index in [1.165, 1.54) is 30.5 Å². The lowest BCUT2D eigenvalue weighted by molar-refractivity contribution is 0.432. The van der Waals surface area contributed by atoms with Crippen molar-refractivity contribution in [2.75, 3.05) is 13.6 Å². The Morgan fingerprint density at radius 1 is 1.33 bits per heavy atom. The maximum atomic E-state index is 13.0. The van der Waals surface area contributed by atoms with Crippen LogP contribution in [0.2, 0.25) is 0 Å². The molecule has 3 N–H and O–H groups in total. The number of benzene rings is 1. The number of rotatable bonds is 3. The van der Waals surface area contributed by atoms with Gasteiger partial charge in [0, 0.05) is 19.0 Å². The molecular weight excluding hydrogens is 229 g/mol. The number of guanidine groups is 1. The molecule has 3 nitrogen and oxygen atoms in total. The fourth-order valence-electron chi connectivity index (χ4n) is 2.76. The van der Waals surface area contributed by atoms with Crippen molar-refractivity contribution in [2.45, 2.75) is 31.1 Å². The second kappa shape index (κ2) is 5.38. The standard InChI is InChI=1S/C14H20FN3/c1-17-13(16)18-10-14(8-2-3-9-14)11-4-6-12(15)7-5-11/h4-7H,2-3,8-10H2,1H3,(H3,16,17,18). The molecule has 1 fully saturated rings. The minimum Gasteiger partial charge on any atom is -0.370 e. The molecule has 1 aliphatic carbocycles. The Kier molecular flexibility index (Phi) is 3.84. The molecule has 0 saturated heterocycles. The molecule has 0 amide bonds. The van der Waals surface area contributed by atoms with Gasteiger partial charge in [0.25, 0.3) is 0 Å². The quantitative estimate of drug-likeness (QED) is 0.637. The van der Waals surface area contributed by atoms with E-state index in [1.54, 1.807) is 7.05 Å². The van der Waals surface area contributed by atoms with Crippen LogP contribution in [0.25, 0.3) is 0 Å². The van der Waals surface area contributed by atoms with Gasteiger partial charge in [-0.3, -0.25) is 4.99 Å². The first-order valence-corrected chi connectivity index (χ1v) is 6.38. The molecular formula is C14H20FN3. The van der Waals surface area contributed by atoms with E-state index in [4.69, 9.17) is 5.73 Å². The Morgan fingerprint density at radius 3 is 2.50 bits per heavy atom. The van der Waals surface area contributed by atoms with E-state index in [2.05, 4.69) is 10.3 Å². The summed E-state index contributed by atoms with van der Waals surface area (Å²) in [6.07, 6.45) is 4.65. The predicted molar refractivity (Wildman–Crippen MR) is 72.1 cm³/mol. The topological polar surface area (TPSA) is 50.4 Å². The monoisotopic (exact) mass is 249 g/mol. The van der Waals surface area contributed by atoms with Gasteiger partial charge in [0.15, 0.2) is 5.96 Å². The van der Waals surface area contributed by atoms with Gasteiger partial charge in [-0.2, -0.15) is 0 Å². The van der Waals surface area contributed by atoms with E-state index in [0.29, 0.717) is 5.96 Å². The van der Waals surface area contributed by atoms with Crippen molar-refractivity contribution in [2.24, 2.45) is 10.7 Å². The van der Waals surface area contributed by atoms with Gasteiger partial charge < -0.3 is 11.1 Å². The summed E-state index contributed by atoms with van der Waals surface area (Å²) in [5.41, 5.74) is 6.96. The number of hydrogen-bond acceptors (Lipinski definition) is 1. The largest absolute Gasteiger partial charge is 0.370 e. The van der Waals surface area contributed by atoms with Crippen molar-refractivity contribution in [1.82, 2.24) is 5.32 Å². The molecule has 0 heterocycles. The van der Waals surface area contributed by atoms with E-state index in [-0.39, 0.29) is 11.2 Å². The summed E-state index contributed by atoms with van der Waals surface area (Å²) in [5.74, 6) is 0.276. The lowest BCUT2D eigenvalue weighted by Crippen LogP contribution is -2.42. The third-order valence-corrected chi connectivity index (χ3v) is 3.87. The van der Waals surface area contributed by atoms with Crippen LogP contribution in [-0.2, 0) is 5.41 Å². The van der Waals surface area contributed by atoms with E-state index in [1.807, 2.05) is 12.1 Å². The summed E-state index contributed by atoms with van der Waals surface area (Å²) in [6, 6.07) is 6.85. The zero-order valence-corrected chi connectivity index (χ0v) is 10.7. The van der Waals surface area contributed by atoms with E-state index >= 15 is 0 Å². The second-order valence-electron chi connectivity index (χ2n) is 4.96. The fourth-order valence-corrected chi connectivity index (χ4v) is 2.76. The first-order valence-electron chi connectivity index (χ1n) is 6.38. The molecule has 0 aromatic heterocycles. The molecule has 0 unspecified atom stereocenters. The third kappa shape index (κ3) is 2.63. The predicted octanol–water partition coefficient (Wildman–Crippen LogP) is 2.17. The van der Waals surface area contributed by atoms with Crippen molar-refractivity contribution in [3.8, 4) is 0 Å². The summed E-state index contributed by atoms with van der Waals surface area (Å²) in [4.78, 5) is 3.91. The Balaban J connectivity index is 2.18. The highest BCUT2D eigenvalue weighted by molar-refractivity contribution is 5.77. The molecule has 4 heteroatoms. The molecule has 1 aliphatic rings. The number of hydrogen-bond donors (Lipinski definition) is 2. The Labute approximate surface area is 107 Å². The van der Waals surface area contributed by atoms with Gasteiger partial charge in [0.1, 0.15) is 5.82 Å². The maximum absolute atomic E-state index is 13.0. The van der Waals surface area contributed by atoms with Crippen molar-refractivity contribution < 1.29 is 4.39 Å². The normalized spacial score (nSPS) is 18.9. The summed E-state index contributed by atoms with van der Waals surface area (Å²) in [6.45, 7) is 0.766. The SMILES string of the molecule is CN=C(N)NCC1(c2ccc(F)cc2)CCCC1. The maximum Gasteiger partial charge on any atom is 0.188 e. The Hall–Kier alpha value is -1.58. The van der Waals surface area contributed by atoms with Crippen LogP contribution in [0.3, 0.4) is 0 Å². The van der Waals surface area contributed by atoms with Crippen molar-refractivity contribution >= 4 is 5.96 Å². The first kappa shape index (κ1) is 12.9. The number of nitrogens with two attached hydrogens (primary N) is 1. The zero-order chi connectivity index (χ0) is 13.0. The van der Waals surface area contributed by atoms with Crippen molar-refractivity contribution in [1.29, 1.82) is 0 Å². The molecule has 0 bridgehead atoms. The molecule has 0 atom stereocenters. The number of nitrogens with one attached hydrogen (secondary N) is 1. The van der Waals surface area contributed by atoms with Crippen molar-refractivity contribution in [3.63, 3.8) is 0 Å². The smallest absolute Gasteiger partial charge is 0.188 e. The molecule has 1 aromatic rings. The summed E-state index contributed by atoms with van der Waals surface area (Å²) < 4.78 is 13.0. The lowest BCUT2D eigenvalue weighted by Gasteiger charge is -2.30. The molecule has 1 saturated carbocycles. The van der Waals surface area contributed by atoms with Crippen LogP contribution in [0.15, 0.2) is 29.3 Å². The Morgan fingerprint density at radius 2 is 1.94 bits per heavy atom. The molecule has 0 aliphatic heterocycles. The van der Waals surface area contributed by atoms with Crippen LogP contribution in [0.1, 0.15) is 31.2 Å². The van der Waals surface area contributed by atoms with Crippen LogP contribution >= 0.6 is 0 Å². The summed E-state index contributed by atoms with van der Waals surface area (Å²) in [7, 11) is 1.67. The minimum atomic E-state index is -0.186. The molecule has 18 heavy (non-hydrogen) atoms. The first-order chi connectivity index (χ1) is 8.66.